The van der Waals surface area contributed by atoms with Crippen LogP contribution in [-0.4, -0.2) is 50.4 Å². The Hall–Kier alpha value is -1.47. The number of carboxylic acids is 2. The van der Waals surface area contributed by atoms with E-state index in [1.165, 1.54) is 0 Å². The maximum absolute atomic E-state index is 10.4. The van der Waals surface area contributed by atoms with Crippen molar-refractivity contribution in [3.8, 4) is 0 Å². The summed E-state index contributed by atoms with van der Waals surface area (Å²) in [7, 11) is 0. The molecule has 0 saturated heterocycles. The topological polar surface area (TPSA) is 132 Å². The Labute approximate surface area is 72.2 Å². The zero-order chi connectivity index (χ0) is 10.6. The highest BCUT2D eigenvalue weighted by molar-refractivity contribution is 6.32. The number of Topliss-reactive ketones (excluding diaryl/α,β-unsaturated/α-hetero) is 1. The van der Waals surface area contributed by atoms with Gasteiger partial charge in [-0.2, -0.15) is 0 Å². The number of aliphatic hydroxyl groups is 2. The van der Waals surface area contributed by atoms with Gasteiger partial charge >= 0.3 is 11.9 Å². The molecule has 74 valence electrons. The molecule has 13 heavy (non-hydrogen) atoms. The van der Waals surface area contributed by atoms with Crippen molar-refractivity contribution in [3.63, 3.8) is 0 Å². The van der Waals surface area contributed by atoms with Crippen LogP contribution in [0, 0.1) is 0 Å². The molecule has 0 aromatic carbocycles. The zero-order valence-corrected chi connectivity index (χ0v) is 6.38. The molecule has 0 radical (unpaired) electrons. The van der Waals surface area contributed by atoms with Gasteiger partial charge in [0.15, 0.2) is 6.10 Å². The van der Waals surface area contributed by atoms with Gasteiger partial charge in [0.1, 0.15) is 0 Å². The number of carbonyl (C=O) groups is 3. The third-order valence-electron chi connectivity index (χ3n) is 1.25. The highest BCUT2D eigenvalue weighted by Crippen LogP contribution is 2.00. The average Bonchev–Trinajstić information content (AvgIpc) is 2.02. The number of hydrogen-bond acceptors (Lipinski definition) is 5. The molecule has 0 bridgehead atoms. The fraction of sp³-hybridized carbons (Fsp3) is 0.500. The first-order chi connectivity index (χ1) is 5.86. The van der Waals surface area contributed by atoms with Gasteiger partial charge in [0, 0.05) is 6.42 Å². The molecule has 0 spiro atoms. The van der Waals surface area contributed by atoms with Crippen molar-refractivity contribution in [2.45, 2.75) is 18.6 Å². The van der Waals surface area contributed by atoms with Crippen LogP contribution in [0.3, 0.4) is 0 Å². The van der Waals surface area contributed by atoms with Crippen LogP contribution in [0.15, 0.2) is 0 Å². The minimum absolute atomic E-state index is 0.928. The maximum atomic E-state index is 10.4. The molecule has 0 saturated carbocycles. The third-order valence-corrected chi connectivity index (χ3v) is 1.25. The third kappa shape index (κ3) is 3.63. The number of rotatable bonds is 5. The van der Waals surface area contributed by atoms with E-state index in [0.717, 1.165) is 0 Å². The van der Waals surface area contributed by atoms with Gasteiger partial charge in [-0.3, -0.25) is 4.79 Å². The predicted molar refractivity (Wildman–Crippen MR) is 36.9 cm³/mol. The van der Waals surface area contributed by atoms with Crippen LogP contribution < -0.4 is 0 Å². The summed E-state index contributed by atoms with van der Waals surface area (Å²) in [5, 5.41) is 33.6. The van der Waals surface area contributed by atoms with E-state index in [1.54, 1.807) is 0 Å². The van der Waals surface area contributed by atoms with E-state index in [4.69, 9.17) is 20.4 Å². The number of hydrogen-bond donors (Lipinski definition) is 4. The first kappa shape index (κ1) is 11.5. The Balaban J connectivity index is 4.15. The molecule has 0 aromatic rings. The zero-order valence-electron chi connectivity index (χ0n) is 6.38. The summed E-state index contributed by atoms with van der Waals surface area (Å²) in [4.78, 5) is 30.4. The first-order valence-corrected chi connectivity index (χ1v) is 3.21. The van der Waals surface area contributed by atoms with Crippen LogP contribution in [-0.2, 0) is 14.4 Å². The lowest BCUT2D eigenvalue weighted by Gasteiger charge is -2.11. The van der Waals surface area contributed by atoms with Gasteiger partial charge in [-0.15, -0.1) is 0 Å². The summed E-state index contributed by atoms with van der Waals surface area (Å²) in [5.74, 6) is -4.85. The quantitative estimate of drug-likeness (QED) is 0.364. The van der Waals surface area contributed by atoms with Crippen molar-refractivity contribution >= 4 is 17.7 Å². The van der Waals surface area contributed by atoms with E-state index < -0.39 is 36.4 Å². The van der Waals surface area contributed by atoms with Crippen LogP contribution in [0.2, 0.25) is 0 Å². The van der Waals surface area contributed by atoms with Gasteiger partial charge in [0.2, 0.25) is 5.78 Å². The molecule has 0 aliphatic heterocycles. The second kappa shape index (κ2) is 4.53. The normalized spacial score (nSPS) is 14.6. The van der Waals surface area contributed by atoms with Gasteiger partial charge < -0.3 is 20.4 Å². The Morgan fingerprint density at radius 2 is 1.54 bits per heavy atom. The van der Waals surface area contributed by atoms with Crippen molar-refractivity contribution in [3.05, 3.63) is 0 Å². The number of aliphatic hydroxyl groups excluding tert-OH is 2. The molecule has 0 aliphatic carbocycles. The van der Waals surface area contributed by atoms with Crippen LogP contribution in [0.25, 0.3) is 0 Å². The fourth-order valence-electron chi connectivity index (χ4n) is 0.553. The standard InChI is InChI=1S/C6H8O7/c7-2(4(9)6(12)13)1-3(8)5(10)11/h2,4,7,9H,1H2,(H,10,11)(H,12,13)/t2-,4+/m1/s1. The molecule has 0 rings (SSSR count). The van der Waals surface area contributed by atoms with Crippen LogP contribution >= 0.6 is 0 Å². The van der Waals surface area contributed by atoms with Crippen LogP contribution in [0.4, 0.5) is 0 Å². The summed E-state index contributed by atoms with van der Waals surface area (Å²) in [6.07, 6.45) is -4.98. The lowest BCUT2D eigenvalue weighted by atomic mass is 10.1. The SMILES string of the molecule is O=C(O)C(=O)C[C@@H](O)[C@H](O)C(=O)O. The van der Waals surface area contributed by atoms with E-state index in [1.807, 2.05) is 0 Å². The second-order valence-corrected chi connectivity index (χ2v) is 2.28. The molecule has 2 atom stereocenters. The largest absolute Gasteiger partial charge is 0.479 e. The van der Waals surface area contributed by atoms with Gasteiger partial charge in [0.05, 0.1) is 6.10 Å². The van der Waals surface area contributed by atoms with Crippen molar-refractivity contribution in [2.24, 2.45) is 0 Å². The number of carboxylic acid groups (broad SMARTS) is 2. The summed E-state index contributed by atoms with van der Waals surface area (Å²) in [6.45, 7) is 0. The van der Waals surface area contributed by atoms with Crippen LogP contribution in [0.5, 0.6) is 0 Å². The molecule has 4 N–H and O–H groups in total. The van der Waals surface area contributed by atoms with Crippen molar-refractivity contribution in [2.75, 3.05) is 0 Å². The minimum Gasteiger partial charge on any atom is -0.479 e. The average molecular weight is 192 g/mol. The summed E-state index contributed by atoms with van der Waals surface area (Å²) >= 11 is 0. The van der Waals surface area contributed by atoms with E-state index in [0.29, 0.717) is 0 Å². The lowest BCUT2D eigenvalue weighted by Crippen LogP contribution is -2.36. The van der Waals surface area contributed by atoms with Gasteiger partial charge in [0.25, 0.3) is 0 Å². The maximum Gasteiger partial charge on any atom is 0.372 e. The highest BCUT2D eigenvalue weighted by atomic mass is 16.4. The van der Waals surface area contributed by atoms with Crippen LogP contribution in [0.1, 0.15) is 6.42 Å². The summed E-state index contributed by atoms with van der Waals surface area (Å²) in [6, 6.07) is 0. The van der Waals surface area contributed by atoms with Gasteiger partial charge in [-0.05, 0) is 0 Å². The monoisotopic (exact) mass is 192 g/mol. The van der Waals surface area contributed by atoms with Crippen molar-refractivity contribution in [1.82, 2.24) is 0 Å². The number of aliphatic carboxylic acids is 2. The Morgan fingerprint density at radius 3 is 1.85 bits per heavy atom. The molecule has 0 unspecified atom stereocenters. The molecule has 0 aromatic heterocycles. The minimum atomic E-state index is -2.15. The lowest BCUT2D eigenvalue weighted by molar-refractivity contribution is -0.156. The van der Waals surface area contributed by atoms with Crippen molar-refractivity contribution < 1.29 is 34.8 Å². The highest BCUT2D eigenvalue weighted by Gasteiger charge is 2.27. The molecular weight excluding hydrogens is 184 g/mol. The molecule has 7 heteroatoms. The Morgan fingerprint density at radius 1 is 1.08 bits per heavy atom. The fourth-order valence-corrected chi connectivity index (χ4v) is 0.553. The molecular formula is C6H8O7. The first-order valence-electron chi connectivity index (χ1n) is 3.21. The number of carbonyl (C=O) groups excluding carboxylic acids is 1. The van der Waals surface area contributed by atoms with E-state index >= 15 is 0 Å². The summed E-state index contributed by atoms with van der Waals surface area (Å²) < 4.78 is 0. The van der Waals surface area contributed by atoms with Gasteiger partial charge in [-0.1, -0.05) is 0 Å². The van der Waals surface area contributed by atoms with Crippen molar-refractivity contribution in [1.29, 1.82) is 0 Å². The van der Waals surface area contributed by atoms with Gasteiger partial charge in [-0.25, -0.2) is 9.59 Å². The van der Waals surface area contributed by atoms with E-state index in [-0.39, 0.29) is 0 Å². The summed E-state index contributed by atoms with van der Waals surface area (Å²) in [5.41, 5.74) is 0. The molecule has 0 heterocycles. The smallest absolute Gasteiger partial charge is 0.372 e. The molecule has 0 fully saturated rings. The Kier molecular flexibility index (Phi) is 4.02. The Bertz CT molecular complexity index is 233. The molecule has 0 amide bonds. The molecule has 7 nitrogen and oxygen atoms in total. The van der Waals surface area contributed by atoms with E-state index in [9.17, 15) is 14.4 Å². The second-order valence-electron chi connectivity index (χ2n) is 2.28. The predicted octanol–water partition coefficient (Wildman–Crippen LogP) is -2.16. The number of ketones is 1. The molecule has 0 aliphatic rings. The van der Waals surface area contributed by atoms with E-state index in [2.05, 4.69) is 0 Å².